The van der Waals surface area contributed by atoms with Crippen LogP contribution in [0.3, 0.4) is 0 Å². The van der Waals surface area contributed by atoms with Gasteiger partial charge in [0, 0.05) is 5.38 Å². The van der Waals surface area contributed by atoms with E-state index in [4.69, 9.17) is 5.73 Å². The normalized spacial score (nSPS) is 10.2. The summed E-state index contributed by atoms with van der Waals surface area (Å²) in [4.78, 5) is 4.07. The van der Waals surface area contributed by atoms with E-state index in [0.717, 1.165) is 5.69 Å². The Morgan fingerprint density at radius 2 is 2.20 bits per heavy atom. The minimum atomic E-state index is -0.263. The highest BCUT2D eigenvalue weighted by atomic mass is 32.1. The average Bonchev–Trinajstić information content (AvgIpc) is 2.63. The summed E-state index contributed by atoms with van der Waals surface area (Å²) in [6.45, 7) is 0.481. The van der Waals surface area contributed by atoms with E-state index in [-0.39, 0.29) is 5.82 Å². The molecule has 1 heterocycles. The van der Waals surface area contributed by atoms with Crippen molar-refractivity contribution in [3.8, 4) is 0 Å². The van der Waals surface area contributed by atoms with Crippen molar-refractivity contribution >= 4 is 22.2 Å². The quantitative estimate of drug-likeness (QED) is 0.840. The maximum absolute atomic E-state index is 13.2. The fraction of sp³-hybridized carbons (Fsp3) is 0.100. The zero-order valence-corrected chi connectivity index (χ0v) is 8.72. The van der Waals surface area contributed by atoms with Crippen LogP contribution in [-0.2, 0) is 6.54 Å². The minimum absolute atomic E-state index is 0.263. The average molecular weight is 223 g/mol. The molecule has 0 atom stereocenters. The van der Waals surface area contributed by atoms with Gasteiger partial charge in [0.2, 0.25) is 0 Å². The molecule has 5 heteroatoms. The zero-order valence-electron chi connectivity index (χ0n) is 7.90. The maximum Gasteiger partial charge on any atom is 0.180 e. The Kier molecular flexibility index (Phi) is 2.82. The van der Waals surface area contributed by atoms with E-state index >= 15 is 0 Å². The number of nitrogen functional groups attached to an aromatic ring is 1. The van der Waals surface area contributed by atoms with Crippen molar-refractivity contribution in [2.24, 2.45) is 0 Å². The second-order valence-corrected chi connectivity index (χ2v) is 3.90. The van der Waals surface area contributed by atoms with Crippen LogP contribution in [-0.4, -0.2) is 4.98 Å². The third-order valence-electron chi connectivity index (χ3n) is 1.90. The molecule has 2 aromatic rings. The van der Waals surface area contributed by atoms with Gasteiger partial charge in [0.1, 0.15) is 5.82 Å². The SMILES string of the molecule is Nc1nc(CNc2ccccc2F)cs1. The van der Waals surface area contributed by atoms with Gasteiger partial charge in [-0.15, -0.1) is 11.3 Å². The molecule has 78 valence electrons. The highest BCUT2D eigenvalue weighted by Gasteiger charge is 2.01. The molecule has 2 rings (SSSR count). The van der Waals surface area contributed by atoms with Crippen molar-refractivity contribution in [3.05, 3.63) is 41.2 Å². The molecular weight excluding hydrogens is 213 g/mol. The first-order valence-corrected chi connectivity index (χ1v) is 5.32. The van der Waals surface area contributed by atoms with Gasteiger partial charge in [-0.1, -0.05) is 12.1 Å². The van der Waals surface area contributed by atoms with Gasteiger partial charge >= 0.3 is 0 Å². The van der Waals surface area contributed by atoms with E-state index in [1.807, 2.05) is 5.38 Å². The Morgan fingerprint density at radius 1 is 1.40 bits per heavy atom. The molecule has 0 amide bonds. The number of hydrogen-bond donors (Lipinski definition) is 2. The molecule has 0 bridgehead atoms. The van der Waals surface area contributed by atoms with Gasteiger partial charge in [-0.3, -0.25) is 0 Å². The summed E-state index contributed by atoms with van der Waals surface area (Å²) in [5.41, 5.74) is 6.78. The van der Waals surface area contributed by atoms with Crippen LogP contribution in [0.25, 0.3) is 0 Å². The van der Waals surface area contributed by atoms with Crippen molar-refractivity contribution in [2.45, 2.75) is 6.54 Å². The van der Waals surface area contributed by atoms with Gasteiger partial charge in [-0.25, -0.2) is 9.37 Å². The van der Waals surface area contributed by atoms with Crippen LogP contribution in [0.15, 0.2) is 29.6 Å². The van der Waals surface area contributed by atoms with E-state index in [0.29, 0.717) is 17.4 Å². The number of hydrogen-bond acceptors (Lipinski definition) is 4. The van der Waals surface area contributed by atoms with Crippen LogP contribution in [0.2, 0.25) is 0 Å². The third-order valence-corrected chi connectivity index (χ3v) is 2.63. The molecule has 0 aliphatic carbocycles. The molecule has 0 saturated carbocycles. The van der Waals surface area contributed by atoms with Gasteiger partial charge in [0.15, 0.2) is 5.13 Å². The number of halogens is 1. The molecular formula is C10H10FN3S. The Labute approximate surface area is 90.8 Å². The Morgan fingerprint density at radius 3 is 2.87 bits per heavy atom. The summed E-state index contributed by atoms with van der Waals surface area (Å²) in [5.74, 6) is -0.263. The largest absolute Gasteiger partial charge is 0.377 e. The highest BCUT2D eigenvalue weighted by molar-refractivity contribution is 7.13. The lowest BCUT2D eigenvalue weighted by atomic mass is 10.3. The minimum Gasteiger partial charge on any atom is -0.377 e. The number of thiazole rings is 1. The number of rotatable bonds is 3. The van der Waals surface area contributed by atoms with Crippen LogP contribution >= 0.6 is 11.3 Å². The predicted octanol–water partition coefficient (Wildman–Crippen LogP) is 2.48. The smallest absolute Gasteiger partial charge is 0.180 e. The van der Waals surface area contributed by atoms with E-state index < -0.39 is 0 Å². The van der Waals surface area contributed by atoms with Crippen LogP contribution in [0.4, 0.5) is 15.2 Å². The Hall–Kier alpha value is -1.62. The number of nitrogens with zero attached hydrogens (tertiary/aromatic N) is 1. The Balaban J connectivity index is 2.02. The number of benzene rings is 1. The molecule has 0 saturated heterocycles. The van der Waals surface area contributed by atoms with Gasteiger partial charge in [0.25, 0.3) is 0 Å². The lowest BCUT2D eigenvalue weighted by molar-refractivity contribution is 0.630. The molecule has 0 aliphatic rings. The van der Waals surface area contributed by atoms with Gasteiger partial charge < -0.3 is 11.1 Å². The molecule has 0 unspecified atom stereocenters. The molecule has 0 spiro atoms. The molecule has 1 aromatic carbocycles. The van der Waals surface area contributed by atoms with Crippen LogP contribution in [0.1, 0.15) is 5.69 Å². The van der Waals surface area contributed by atoms with Crippen molar-refractivity contribution in [1.82, 2.24) is 4.98 Å². The summed E-state index contributed by atoms with van der Waals surface area (Å²) in [6.07, 6.45) is 0. The summed E-state index contributed by atoms with van der Waals surface area (Å²) < 4.78 is 13.2. The summed E-state index contributed by atoms with van der Waals surface area (Å²) >= 11 is 1.38. The first-order chi connectivity index (χ1) is 7.25. The maximum atomic E-state index is 13.2. The van der Waals surface area contributed by atoms with Crippen molar-refractivity contribution in [3.63, 3.8) is 0 Å². The molecule has 3 nitrogen and oxygen atoms in total. The lowest BCUT2D eigenvalue weighted by Gasteiger charge is -2.04. The van der Waals surface area contributed by atoms with Gasteiger partial charge in [-0.2, -0.15) is 0 Å². The Bertz CT molecular complexity index is 455. The first kappa shape index (κ1) is 9.92. The number of aromatic nitrogens is 1. The molecule has 0 fully saturated rings. The standard InChI is InChI=1S/C10H10FN3S/c11-8-3-1-2-4-9(8)13-5-7-6-15-10(12)14-7/h1-4,6,13H,5H2,(H2,12,14). The molecule has 15 heavy (non-hydrogen) atoms. The van der Waals surface area contributed by atoms with Crippen molar-refractivity contribution in [2.75, 3.05) is 11.1 Å². The van der Waals surface area contributed by atoms with Crippen LogP contribution < -0.4 is 11.1 Å². The zero-order chi connectivity index (χ0) is 10.7. The van der Waals surface area contributed by atoms with Crippen molar-refractivity contribution in [1.29, 1.82) is 0 Å². The van der Waals surface area contributed by atoms with E-state index in [1.54, 1.807) is 18.2 Å². The van der Waals surface area contributed by atoms with E-state index in [2.05, 4.69) is 10.3 Å². The number of anilines is 2. The summed E-state index contributed by atoms with van der Waals surface area (Å²) in [7, 11) is 0. The lowest BCUT2D eigenvalue weighted by Crippen LogP contribution is -2.01. The van der Waals surface area contributed by atoms with E-state index in [9.17, 15) is 4.39 Å². The van der Waals surface area contributed by atoms with Gasteiger partial charge in [0.05, 0.1) is 17.9 Å². The van der Waals surface area contributed by atoms with E-state index in [1.165, 1.54) is 17.4 Å². The van der Waals surface area contributed by atoms with Crippen LogP contribution in [0, 0.1) is 5.82 Å². The van der Waals surface area contributed by atoms with Gasteiger partial charge in [-0.05, 0) is 12.1 Å². The molecule has 0 radical (unpaired) electrons. The third kappa shape index (κ3) is 2.44. The molecule has 3 N–H and O–H groups in total. The fourth-order valence-corrected chi connectivity index (χ4v) is 1.76. The molecule has 0 aliphatic heterocycles. The van der Waals surface area contributed by atoms with Crippen LogP contribution in [0.5, 0.6) is 0 Å². The number of para-hydroxylation sites is 1. The topological polar surface area (TPSA) is 50.9 Å². The van der Waals surface area contributed by atoms with Crippen molar-refractivity contribution < 1.29 is 4.39 Å². The second kappa shape index (κ2) is 4.27. The number of nitrogens with two attached hydrogens (primary N) is 1. The summed E-state index contributed by atoms with van der Waals surface area (Å²) in [5, 5.41) is 5.33. The first-order valence-electron chi connectivity index (χ1n) is 4.44. The predicted molar refractivity (Wildman–Crippen MR) is 60.3 cm³/mol. The summed E-state index contributed by atoms with van der Waals surface area (Å²) in [6, 6.07) is 6.53. The monoisotopic (exact) mass is 223 g/mol. The fourth-order valence-electron chi connectivity index (χ4n) is 1.19. The molecule has 1 aromatic heterocycles. The highest BCUT2D eigenvalue weighted by Crippen LogP contribution is 2.15. The number of nitrogens with one attached hydrogen (secondary N) is 1. The second-order valence-electron chi connectivity index (χ2n) is 3.01.